The van der Waals surface area contributed by atoms with Crippen LogP contribution in [-0.2, 0) is 27.2 Å². The van der Waals surface area contributed by atoms with Crippen LogP contribution in [0.2, 0.25) is 72.5 Å². The van der Waals surface area contributed by atoms with Gasteiger partial charge in [-0.15, -0.1) is 0 Å². The zero-order valence-electron chi connectivity index (χ0n) is 33.3. The Morgan fingerprint density at radius 2 is 1.09 bits per heavy atom. The van der Waals surface area contributed by atoms with Crippen molar-refractivity contribution in [2.75, 3.05) is 6.61 Å². The Balaban J connectivity index is 2.40. The summed E-state index contributed by atoms with van der Waals surface area (Å²) in [6, 6.07) is 0. The van der Waals surface area contributed by atoms with Gasteiger partial charge in [0, 0.05) is 12.8 Å². The maximum absolute atomic E-state index is 13.9. The summed E-state index contributed by atoms with van der Waals surface area (Å²) in [6.45, 7) is 44.7. The van der Waals surface area contributed by atoms with Gasteiger partial charge in [-0.3, -0.25) is 9.69 Å². The predicted molar refractivity (Wildman–Crippen MR) is 198 cm³/mol. The molecule has 3 fully saturated rings. The smallest absolute Gasteiger partial charge is 0.227 e. The largest absolute Gasteiger partial charge is 0.414 e. The topological polar surface area (TPSA) is 86.7 Å². The van der Waals surface area contributed by atoms with Crippen molar-refractivity contribution in [3.05, 3.63) is 0 Å². The second-order valence-electron chi connectivity index (χ2n) is 20.5. The summed E-state index contributed by atoms with van der Waals surface area (Å²) in [6.07, 6.45) is -2.26. The average molecular weight is 718 g/mol. The molecule has 8 nitrogen and oxygen atoms in total. The molecule has 0 radical (unpaired) electrons. The Bertz CT molecular complexity index is 1150. The fraction of sp³-hybridized carbons (Fsp3) is 0.971. The van der Waals surface area contributed by atoms with Crippen LogP contribution in [0.15, 0.2) is 0 Å². The van der Waals surface area contributed by atoms with E-state index in [1.165, 1.54) is 0 Å². The Kier molecular flexibility index (Phi) is 10.4. The van der Waals surface area contributed by atoms with Crippen LogP contribution < -0.4 is 0 Å². The minimum atomic E-state index is -2.52. The summed E-state index contributed by atoms with van der Waals surface area (Å²) in [5.74, 6) is -0.121. The molecule has 46 heavy (non-hydrogen) atoms. The highest BCUT2D eigenvalue weighted by Gasteiger charge is 2.78. The number of amides is 1. The maximum atomic E-state index is 13.9. The van der Waals surface area contributed by atoms with E-state index >= 15 is 0 Å². The first-order valence-electron chi connectivity index (χ1n) is 17.5. The second kappa shape index (κ2) is 11.8. The van der Waals surface area contributed by atoms with E-state index in [-0.39, 0.29) is 45.5 Å². The van der Waals surface area contributed by atoms with Crippen molar-refractivity contribution in [2.45, 2.75) is 204 Å². The van der Waals surface area contributed by atoms with E-state index in [1.54, 1.807) is 4.90 Å². The van der Waals surface area contributed by atoms with Gasteiger partial charge in [0.05, 0.1) is 6.61 Å². The molecule has 1 N–H and O–H groups in total. The fourth-order valence-corrected chi connectivity index (χ4v) is 10.5. The number of ether oxygens (including phenoxy) is 1. The molecule has 3 aliphatic rings. The summed E-state index contributed by atoms with van der Waals surface area (Å²) in [7, 11) is -9.74. The molecule has 0 saturated carbocycles. The van der Waals surface area contributed by atoms with Gasteiger partial charge < -0.3 is 27.5 Å². The van der Waals surface area contributed by atoms with Gasteiger partial charge in [-0.2, -0.15) is 0 Å². The van der Waals surface area contributed by atoms with Crippen molar-refractivity contribution in [1.82, 2.24) is 4.90 Å². The minimum absolute atomic E-state index is 0.0646. The molecular weight excluding hydrogens is 647 g/mol. The molecule has 270 valence electrons. The molecule has 0 aromatic carbocycles. The Labute approximate surface area is 286 Å². The molecule has 1 amide bonds. The first kappa shape index (κ1) is 40.5. The van der Waals surface area contributed by atoms with E-state index in [0.717, 1.165) is 0 Å². The molecule has 3 aliphatic heterocycles. The van der Waals surface area contributed by atoms with Gasteiger partial charge in [0.2, 0.25) is 5.91 Å². The lowest BCUT2D eigenvalue weighted by Gasteiger charge is -2.56. The molecule has 0 aromatic rings. The Morgan fingerprint density at radius 3 is 1.50 bits per heavy atom. The van der Waals surface area contributed by atoms with Crippen molar-refractivity contribution in [3.8, 4) is 0 Å². The van der Waals surface area contributed by atoms with Crippen LogP contribution in [-0.4, -0.2) is 91.7 Å². The van der Waals surface area contributed by atoms with E-state index in [4.69, 9.17) is 22.4 Å². The lowest BCUT2D eigenvalue weighted by Crippen LogP contribution is -2.74. The third kappa shape index (κ3) is 6.76. The highest BCUT2D eigenvalue weighted by atomic mass is 28.4. The van der Waals surface area contributed by atoms with Crippen LogP contribution in [0.1, 0.15) is 95.9 Å². The van der Waals surface area contributed by atoms with E-state index in [1.807, 2.05) is 0 Å². The quantitative estimate of drug-likeness (QED) is 0.239. The third-order valence-corrected chi connectivity index (χ3v) is 31.0. The van der Waals surface area contributed by atoms with Crippen LogP contribution in [0.25, 0.3) is 0 Å². The van der Waals surface area contributed by atoms with Crippen LogP contribution in [0.3, 0.4) is 0 Å². The standard InChI is InChI=1S/C34H71NO7Si4/c1-29(2,3)43(13,14)38-23-33-27(42-46(19,20)32(10,11)12)25(40-44(15,16)30(4,5)6)26(41-45(17,18)31(7,8)9)28(39-33)35-24(36)21-22-34(33,35)37/h25-28,37H,21-23H2,1-20H3/t25-,26-,27+,28+,33-,34+/m1/s1. The predicted octanol–water partition coefficient (Wildman–Crippen LogP) is 8.60. The van der Waals surface area contributed by atoms with Crippen LogP contribution in [0.5, 0.6) is 0 Å². The number of rotatable bonds is 9. The van der Waals surface area contributed by atoms with Gasteiger partial charge in [-0.05, 0) is 72.5 Å². The summed E-state index contributed by atoms with van der Waals surface area (Å²) in [5.41, 5.74) is -2.97. The van der Waals surface area contributed by atoms with Gasteiger partial charge in [0.15, 0.2) is 50.8 Å². The zero-order valence-corrected chi connectivity index (χ0v) is 37.3. The first-order valence-corrected chi connectivity index (χ1v) is 29.1. The van der Waals surface area contributed by atoms with Gasteiger partial charge in [-0.25, -0.2) is 0 Å². The highest BCUT2D eigenvalue weighted by Crippen LogP contribution is 2.59. The van der Waals surface area contributed by atoms with Crippen LogP contribution in [0.4, 0.5) is 0 Å². The molecule has 12 heteroatoms. The van der Waals surface area contributed by atoms with Crippen molar-refractivity contribution in [2.24, 2.45) is 0 Å². The molecule has 3 saturated heterocycles. The van der Waals surface area contributed by atoms with Gasteiger partial charge in [-0.1, -0.05) is 83.1 Å². The molecule has 0 aliphatic carbocycles. The van der Waals surface area contributed by atoms with E-state index in [9.17, 15) is 9.90 Å². The number of hydrogen-bond donors (Lipinski definition) is 1. The third-order valence-electron chi connectivity index (χ3n) is 13.1. The van der Waals surface area contributed by atoms with Gasteiger partial charge >= 0.3 is 0 Å². The highest BCUT2D eigenvalue weighted by molar-refractivity contribution is 6.75. The number of fused-ring (bicyclic) bond motifs is 5. The van der Waals surface area contributed by atoms with Crippen molar-refractivity contribution in [3.63, 3.8) is 0 Å². The summed E-state index contributed by atoms with van der Waals surface area (Å²) in [5, 5.41) is 12.6. The van der Waals surface area contributed by atoms with Crippen molar-refractivity contribution >= 4 is 39.2 Å². The molecule has 2 bridgehead atoms. The second-order valence-corrected chi connectivity index (χ2v) is 39.6. The van der Waals surface area contributed by atoms with Crippen molar-refractivity contribution < 1.29 is 32.3 Å². The molecule has 6 atom stereocenters. The molecule has 0 unspecified atom stereocenters. The maximum Gasteiger partial charge on any atom is 0.227 e. The lowest BCUT2D eigenvalue weighted by atomic mass is 9.80. The zero-order chi connectivity index (χ0) is 36.1. The SMILES string of the molecule is CC(C)(C)[Si](C)(C)OC[C@@]12O[C@@H]([C@H](O[Si](C)(C)C(C)(C)C)[C@@H](O[Si](C)(C)C(C)(C)C)[C@@H]1O[Si](C)(C)C(C)(C)C)N1C(=O)CC[C@@]12O. The molecule has 3 heterocycles. The normalized spacial score (nSPS) is 31.9. The first-order chi connectivity index (χ1) is 20.1. The fourth-order valence-electron chi connectivity index (χ4n) is 5.65. The molecule has 0 aromatic heterocycles. The van der Waals surface area contributed by atoms with Gasteiger partial charge in [0.1, 0.15) is 18.3 Å². The number of aliphatic hydroxyl groups is 1. The number of hydrogen-bond acceptors (Lipinski definition) is 7. The number of nitrogens with zero attached hydrogens (tertiary/aromatic N) is 1. The summed E-state index contributed by atoms with van der Waals surface area (Å²) in [4.78, 5) is 15.5. The Hall–Kier alpha value is 0.0975. The monoisotopic (exact) mass is 717 g/mol. The van der Waals surface area contributed by atoms with E-state index in [2.05, 4.69) is 135 Å². The molecular formula is C34H71NO7Si4. The van der Waals surface area contributed by atoms with Gasteiger partial charge in [0.25, 0.3) is 0 Å². The van der Waals surface area contributed by atoms with E-state index < -0.39 is 69.1 Å². The van der Waals surface area contributed by atoms with Crippen LogP contribution in [0, 0.1) is 0 Å². The molecule has 0 spiro atoms. The number of carbonyl (C=O) groups is 1. The summed E-state index contributed by atoms with van der Waals surface area (Å²) >= 11 is 0. The average Bonchev–Trinajstić information content (AvgIpc) is 3.24. The lowest BCUT2D eigenvalue weighted by molar-refractivity contribution is -0.267. The minimum Gasteiger partial charge on any atom is -0.414 e. The van der Waals surface area contributed by atoms with E-state index in [0.29, 0.717) is 0 Å². The number of carbonyl (C=O) groups excluding carboxylic acids is 1. The summed E-state index contributed by atoms with van der Waals surface area (Å²) < 4.78 is 36.5. The Morgan fingerprint density at radius 1 is 0.696 bits per heavy atom. The van der Waals surface area contributed by atoms with Crippen LogP contribution >= 0.6 is 0 Å². The van der Waals surface area contributed by atoms with Crippen molar-refractivity contribution in [1.29, 1.82) is 0 Å². The molecule has 3 rings (SSSR count).